The molecule has 0 aliphatic heterocycles. The van der Waals surface area contributed by atoms with Gasteiger partial charge in [-0.15, -0.1) is 10.2 Å². The third-order valence-electron chi connectivity index (χ3n) is 7.79. The zero-order chi connectivity index (χ0) is 41.4. The molecule has 0 saturated heterocycles. The van der Waals surface area contributed by atoms with E-state index in [0.717, 1.165) is 41.1 Å². The minimum absolute atomic E-state index is 0.0741. The maximum absolute atomic E-state index is 12.4. The van der Waals surface area contributed by atoms with Crippen molar-refractivity contribution < 1.29 is 49.5 Å². The smallest absolute Gasteiger partial charge is 0.296 e. The van der Waals surface area contributed by atoms with Crippen LogP contribution in [0.1, 0.15) is 0 Å². The number of anilines is 5. The summed E-state index contributed by atoms with van der Waals surface area (Å²) in [5.41, 5.74) is -1.27. The number of alkyl halides is 2. The number of amides is 1. The molecule has 0 fully saturated rings. The number of nitrogens with one attached hydrogen (secondary N) is 3. The van der Waals surface area contributed by atoms with Gasteiger partial charge < -0.3 is 34.7 Å². The predicted molar refractivity (Wildman–Crippen MR) is 220 cm³/mol. The molecule has 298 valence electrons. The van der Waals surface area contributed by atoms with Crippen molar-refractivity contribution in [3.63, 3.8) is 0 Å². The predicted octanol–water partition coefficient (Wildman–Crippen LogP) is 8.61. The van der Waals surface area contributed by atoms with E-state index in [4.69, 9.17) is 11.6 Å². The molecule has 1 heterocycles. The van der Waals surface area contributed by atoms with E-state index in [1.54, 1.807) is 12.1 Å². The molecule has 1 aromatic heterocycles. The Hall–Kier alpha value is -4.60. The number of nitrogens with zero attached hydrogens (tertiary/aromatic N) is 5. The van der Waals surface area contributed by atoms with E-state index in [0.29, 0.717) is 5.69 Å². The summed E-state index contributed by atoms with van der Waals surface area (Å²) in [5.74, 6) is -1.96. The van der Waals surface area contributed by atoms with Gasteiger partial charge in [0, 0.05) is 27.5 Å². The van der Waals surface area contributed by atoms with Gasteiger partial charge in [-0.1, -0.05) is 68.3 Å². The maximum Gasteiger partial charge on any atom is 0.296 e. The first-order valence-electron chi connectivity index (χ1n) is 15.5. The van der Waals surface area contributed by atoms with Crippen LogP contribution in [0, 0.1) is 0 Å². The molecule has 9 N–H and O–H groups in total. The molecule has 0 spiro atoms. The highest BCUT2D eigenvalue weighted by Crippen LogP contribution is 2.55. The van der Waals surface area contributed by atoms with Gasteiger partial charge in [0.05, 0.1) is 15.5 Å². The van der Waals surface area contributed by atoms with E-state index in [2.05, 4.69) is 73.0 Å². The number of phenols is 1. The van der Waals surface area contributed by atoms with Crippen LogP contribution in [0.5, 0.6) is 5.75 Å². The lowest BCUT2D eigenvalue weighted by atomic mass is 10.1. The van der Waals surface area contributed by atoms with E-state index in [-0.39, 0.29) is 44.7 Å². The Morgan fingerprint density at radius 1 is 0.772 bits per heavy atom. The molecule has 25 heteroatoms. The number of carbonyl (C=O) groups excluding carboxylic acids is 1. The standard InChI is InChI=1S/C32H25Br2ClN8O11S3/c33-14-20(34)29(45)36-17-8-9-22(24(12-17)56(49,50)51)42-43-27-25(57(52,53)54)11-16-10-18(55(46,47)48)13-23(26(16)28(27)44)38-32-40-30(35)39-31(41-32)37-21-7-3-5-15-4-1-2-6-19(15)21/h1-13,20,44,52-54H,14H2,(H,36,45)(H,46,47,48)(H,49,50,51)(H2,37,38,39,40,41). The van der Waals surface area contributed by atoms with Gasteiger partial charge in [-0.25, -0.2) is 0 Å². The van der Waals surface area contributed by atoms with E-state index >= 15 is 0 Å². The summed E-state index contributed by atoms with van der Waals surface area (Å²) in [6, 6.07) is 18.4. The molecule has 0 aliphatic rings. The topological polar surface area (TPSA) is 306 Å². The Kier molecular flexibility index (Phi) is 12.0. The number of fused-ring (bicyclic) bond motifs is 2. The number of benzene rings is 5. The van der Waals surface area contributed by atoms with Gasteiger partial charge in [-0.05, 0) is 64.8 Å². The largest absolute Gasteiger partial charge is 0.505 e. The minimum atomic E-state index is -5.06. The van der Waals surface area contributed by atoms with Crippen molar-refractivity contribution in [1.29, 1.82) is 0 Å². The van der Waals surface area contributed by atoms with E-state index in [1.807, 2.05) is 30.3 Å². The molecule has 19 nitrogen and oxygen atoms in total. The number of carbonyl (C=O) groups is 1. The Morgan fingerprint density at radius 3 is 2.09 bits per heavy atom. The van der Waals surface area contributed by atoms with Crippen LogP contribution < -0.4 is 16.0 Å². The van der Waals surface area contributed by atoms with E-state index < -0.39 is 73.7 Å². The van der Waals surface area contributed by atoms with Crippen molar-refractivity contribution in [3.05, 3.63) is 84.1 Å². The summed E-state index contributed by atoms with van der Waals surface area (Å²) in [6.45, 7) is 0. The van der Waals surface area contributed by atoms with Crippen LogP contribution >= 0.6 is 54.3 Å². The molecule has 1 atom stereocenters. The molecule has 1 unspecified atom stereocenters. The van der Waals surface area contributed by atoms with Crippen molar-refractivity contribution >= 4 is 142 Å². The zero-order valence-electron chi connectivity index (χ0n) is 28.1. The van der Waals surface area contributed by atoms with Gasteiger partial charge in [0.1, 0.15) is 32.0 Å². The van der Waals surface area contributed by atoms with Gasteiger partial charge in [0.2, 0.25) is 23.1 Å². The number of halogens is 3. The van der Waals surface area contributed by atoms with Gasteiger partial charge in [-0.2, -0.15) is 31.8 Å². The van der Waals surface area contributed by atoms with Crippen molar-refractivity contribution in [2.45, 2.75) is 19.5 Å². The molecule has 57 heavy (non-hydrogen) atoms. The second-order valence-electron chi connectivity index (χ2n) is 11.6. The van der Waals surface area contributed by atoms with Gasteiger partial charge >= 0.3 is 0 Å². The average molecular weight is 989 g/mol. The normalized spacial score (nSPS) is 13.2. The lowest BCUT2D eigenvalue weighted by molar-refractivity contribution is -0.115. The molecule has 0 bridgehead atoms. The van der Waals surface area contributed by atoms with Gasteiger partial charge in [0.15, 0.2) is 5.75 Å². The van der Waals surface area contributed by atoms with Crippen LogP contribution in [0.2, 0.25) is 5.28 Å². The Labute approximate surface area is 345 Å². The fourth-order valence-electron chi connectivity index (χ4n) is 5.33. The maximum atomic E-state index is 12.4. The highest BCUT2D eigenvalue weighted by atomic mass is 79.9. The third-order valence-corrected chi connectivity index (χ3v) is 12.8. The van der Waals surface area contributed by atoms with Crippen molar-refractivity contribution in [2.75, 3.05) is 21.3 Å². The van der Waals surface area contributed by atoms with Crippen LogP contribution in [0.25, 0.3) is 21.5 Å². The number of rotatable bonds is 12. The number of aromatic nitrogens is 3. The highest BCUT2D eigenvalue weighted by molar-refractivity contribution is 9.12. The summed E-state index contributed by atoms with van der Waals surface area (Å²) < 4.78 is 100. The molecule has 5 aromatic carbocycles. The number of hydrogen-bond acceptors (Lipinski definition) is 16. The quantitative estimate of drug-likeness (QED) is 0.0315. The monoisotopic (exact) mass is 986 g/mol. The first-order valence-corrected chi connectivity index (χ1v) is 22.3. The van der Waals surface area contributed by atoms with E-state index in [1.165, 1.54) is 6.07 Å². The number of aromatic hydroxyl groups is 1. The lowest BCUT2D eigenvalue weighted by Crippen LogP contribution is -2.23. The first kappa shape index (κ1) is 42.0. The lowest BCUT2D eigenvalue weighted by Gasteiger charge is -2.23. The second kappa shape index (κ2) is 16.3. The second-order valence-corrected chi connectivity index (χ2v) is 18.0. The van der Waals surface area contributed by atoms with Crippen molar-refractivity contribution in [3.8, 4) is 5.75 Å². The summed E-state index contributed by atoms with van der Waals surface area (Å²) in [6.07, 6.45) is 0. The van der Waals surface area contributed by atoms with Crippen molar-refractivity contribution in [2.24, 2.45) is 10.2 Å². The fourth-order valence-corrected chi connectivity index (χ4v) is 7.77. The van der Waals surface area contributed by atoms with Crippen LogP contribution in [-0.2, 0) is 25.0 Å². The molecule has 6 rings (SSSR count). The zero-order valence-corrected chi connectivity index (χ0v) is 34.5. The number of azo groups is 1. The summed E-state index contributed by atoms with van der Waals surface area (Å²) >= 11 is 12.5. The highest BCUT2D eigenvalue weighted by Gasteiger charge is 2.29. The number of phenolic OH excluding ortho intramolecular Hbond substituents is 1. The Morgan fingerprint density at radius 2 is 1.44 bits per heavy atom. The molecular formula is C32H25Br2ClN8O11S3. The first-order chi connectivity index (χ1) is 26.7. The SMILES string of the molecule is O=C(Nc1ccc(N=Nc2c(S(O)(O)O)cc3cc(S(=O)(=O)O)cc(Nc4nc(Cl)nc(Nc5cccc6ccccc56)n4)c3c2O)c(S(=O)(=O)O)c1)C(Br)CBr. The molecule has 1 amide bonds. The minimum Gasteiger partial charge on any atom is -0.505 e. The molecule has 0 saturated carbocycles. The number of hydrogen-bond donors (Lipinski definition) is 9. The molecule has 0 aliphatic carbocycles. The van der Waals surface area contributed by atoms with Crippen LogP contribution in [-0.4, -0.2) is 75.7 Å². The summed E-state index contributed by atoms with van der Waals surface area (Å²) in [7, 11) is -14.9. The van der Waals surface area contributed by atoms with Gasteiger partial charge in [-0.3, -0.25) is 13.9 Å². The fraction of sp³-hybridized carbons (Fsp3) is 0.0625. The third kappa shape index (κ3) is 9.58. The van der Waals surface area contributed by atoms with E-state index in [9.17, 15) is 49.5 Å². The summed E-state index contributed by atoms with van der Waals surface area (Å²) in [4.78, 5) is 21.5. The average Bonchev–Trinajstić information content (AvgIpc) is 3.13. The van der Waals surface area contributed by atoms with Crippen LogP contribution in [0.3, 0.4) is 0 Å². The van der Waals surface area contributed by atoms with Crippen molar-refractivity contribution in [1.82, 2.24) is 15.0 Å². The molecular weight excluding hydrogens is 964 g/mol. The Balaban J connectivity index is 1.49. The summed E-state index contributed by atoms with van der Waals surface area (Å²) in [5, 5.41) is 28.3. The molecule has 6 aromatic rings. The van der Waals surface area contributed by atoms with Crippen LogP contribution in [0.4, 0.5) is 40.3 Å². The molecule has 0 radical (unpaired) electrons. The van der Waals surface area contributed by atoms with Gasteiger partial charge in [0.25, 0.3) is 20.2 Å². The van der Waals surface area contributed by atoms with Crippen LogP contribution in [0.15, 0.2) is 104 Å². The Bertz CT molecular complexity index is 2850.